The Bertz CT molecular complexity index is 572. The molecule has 0 fully saturated rings. The van der Waals surface area contributed by atoms with E-state index in [4.69, 9.17) is 0 Å². The van der Waals surface area contributed by atoms with Gasteiger partial charge in [-0.15, -0.1) is 24.0 Å². The van der Waals surface area contributed by atoms with Gasteiger partial charge in [0.15, 0.2) is 5.96 Å². The van der Waals surface area contributed by atoms with Crippen molar-refractivity contribution < 1.29 is 4.79 Å². The summed E-state index contributed by atoms with van der Waals surface area (Å²) in [6.45, 7) is 6.18. The lowest BCUT2D eigenvalue weighted by molar-refractivity contribution is -0.116. The van der Waals surface area contributed by atoms with Crippen molar-refractivity contribution in [2.45, 2.75) is 33.1 Å². The summed E-state index contributed by atoms with van der Waals surface area (Å²) in [5, 5.41) is 9.38. The van der Waals surface area contributed by atoms with E-state index in [1.807, 2.05) is 43.8 Å². The predicted molar refractivity (Wildman–Crippen MR) is 129 cm³/mol. The summed E-state index contributed by atoms with van der Waals surface area (Å²) in [6, 6.07) is 5.86. The number of halogens is 2. The summed E-state index contributed by atoms with van der Waals surface area (Å²) >= 11 is 5.29. The van der Waals surface area contributed by atoms with Gasteiger partial charge in [0, 0.05) is 36.2 Å². The van der Waals surface area contributed by atoms with E-state index < -0.39 is 0 Å². The molecule has 1 amide bonds. The van der Waals surface area contributed by atoms with Crippen LogP contribution in [0.1, 0.15) is 31.7 Å². The van der Waals surface area contributed by atoms with Crippen LogP contribution in [0, 0.1) is 6.92 Å². The van der Waals surface area contributed by atoms with Crippen molar-refractivity contribution in [3.63, 3.8) is 0 Å². The summed E-state index contributed by atoms with van der Waals surface area (Å²) < 4.78 is 0.953. The Morgan fingerprint density at radius 3 is 2.73 bits per heavy atom. The van der Waals surface area contributed by atoms with Crippen molar-refractivity contribution in [1.82, 2.24) is 10.6 Å². The smallest absolute Gasteiger partial charge is 0.226 e. The molecule has 0 bridgehead atoms. The van der Waals surface area contributed by atoms with E-state index in [0.29, 0.717) is 13.0 Å². The van der Waals surface area contributed by atoms with E-state index >= 15 is 0 Å². The second kappa shape index (κ2) is 15.6. The number of guanidine groups is 1. The third-order valence-corrected chi connectivity index (χ3v) is 4.68. The number of aliphatic imine (C=N–C) groups is 1. The summed E-state index contributed by atoms with van der Waals surface area (Å²) in [5.41, 5.74) is 1.89. The van der Waals surface area contributed by atoms with Gasteiger partial charge in [0.2, 0.25) is 5.91 Å². The first kappa shape index (κ1) is 25.5. The third-order valence-electron chi connectivity index (χ3n) is 3.49. The summed E-state index contributed by atoms with van der Waals surface area (Å²) in [7, 11) is 0. The summed E-state index contributed by atoms with van der Waals surface area (Å²) in [6.07, 6.45) is 4.77. The van der Waals surface area contributed by atoms with E-state index in [1.165, 1.54) is 12.2 Å². The number of thioether (sulfide) groups is 1. The minimum Gasteiger partial charge on any atom is -0.357 e. The zero-order chi connectivity index (χ0) is 18.5. The van der Waals surface area contributed by atoms with E-state index in [0.717, 1.165) is 41.2 Å². The molecule has 148 valence electrons. The Kier molecular flexibility index (Phi) is 15.3. The highest BCUT2D eigenvalue weighted by molar-refractivity contribution is 14.0. The van der Waals surface area contributed by atoms with Crippen molar-refractivity contribution in [3.8, 4) is 0 Å². The zero-order valence-corrected chi connectivity index (χ0v) is 20.5. The first-order valence-electron chi connectivity index (χ1n) is 8.64. The molecule has 1 aromatic carbocycles. The number of benzene rings is 1. The van der Waals surface area contributed by atoms with Crippen LogP contribution >= 0.6 is 51.7 Å². The molecule has 0 saturated heterocycles. The number of nitrogens with zero attached hydrogens (tertiary/aromatic N) is 1. The molecule has 0 radical (unpaired) electrons. The Labute approximate surface area is 187 Å². The second-order valence-corrected chi connectivity index (χ2v) is 7.55. The van der Waals surface area contributed by atoms with Crippen LogP contribution in [-0.4, -0.2) is 43.5 Å². The minimum atomic E-state index is -0.00970. The molecule has 1 rings (SSSR count). The molecule has 0 aromatic heterocycles. The van der Waals surface area contributed by atoms with E-state index in [-0.39, 0.29) is 29.9 Å². The van der Waals surface area contributed by atoms with Gasteiger partial charge in [-0.2, -0.15) is 11.8 Å². The number of carbonyl (C=O) groups is 1. The van der Waals surface area contributed by atoms with Crippen molar-refractivity contribution in [2.75, 3.05) is 37.0 Å². The fraction of sp³-hybridized carbons (Fsp3) is 0.556. The quantitative estimate of drug-likeness (QED) is 0.173. The van der Waals surface area contributed by atoms with Crippen LogP contribution in [0.25, 0.3) is 0 Å². The summed E-state index contributed by atoms with van der Waals surface area (Å²) in [4.78, 5) is 16.7. The number of amides is 1. The second-order valence-electron chi connectivity index (χ2n) is 5.64. The van der Waals surface area contributed by atoms with Crippen LogP contribution in [-0.2, 0) is 4.79 Å². The number of anilines is 1. The molecule has 3 N–H and O–H groups in total. The molecular weight excluding hydrogens is 527 g/mol. The van der Waals surface area contributed by atoms with Crippen LogP contribution in [0.2, 0.25) is 0 Å². The minimum absolute atomic E-state index is 0. The number of aryl methyl sites for hydroxylation is 1. The van der Waals surface area contributed by atoms with E-state index in [2.05, 4.69) is 43.1 Å². The Hall–Kier alpha value is -0.480. The highest BCUT2D eigenvalue weighted by Crippen LogP contribution is 2.20. The Morgan fingerprint density at radius 2 is 2.04 bits per heavy atom. The van der Waals surface area contributed by atoms with Gasteiger partial charge in [0.05, 0.1) is 0 Å². The van der Waals surface area contributed by atoms with Crippen molar-refractivity contribution in [3.05, 3.63) is 28.2 Å². The zero-order valence-electron chi connectivity index (χ0n) is 15.7. The molecular formula is C18H30BrIN4OS. The average Bonchev–Trinajstić information content (AvgIpc) is 2.58. The number of carbonyl (C=O) groups excluding carboxylic acids is 1. The molecule has 8 heteroatoms. The monoisotopic (exact) mass is 556 g/mol. The van der Waals surface area contributed by atoms with Crippen LogP contribution in [0.15, 0.2) is 27.7 Å². The normalized spacial score (nSPS) is 10.8. The number of unbranched alkanes of at least 4 members (excludes halogenated alkanes) is 1. The topological polar surface area (TPSA) is 65.5 Å². The maximum atomic E-state index is 12.1. The van der Waals surface area contributed by atoms with Crippen LogP contribution < -0.4 is 16.0 Å². The molecule has 0 spiro atoms. The van der Waals surface area contributed by atoms with Crippen molar-refractivity contribution in [2.24, 2.45) is 4.99 Å². The van der Waals surface area contributed by atoms with Gasteiger partial charge in [0.1, 0.15) is 0 Å². The number of hydrogen-bond donors (Lipinski definition) is 3. The molecule has 0 aliphatic rings. The molecule has 0 heterocycles. The molecule has 5 nitrogen and oxygen atoms in total. The van der Waals surface area contributed by atoms with Crippen molar-refractivity contribution in [1.29, 1.82) is 0 Å². The lowest BCUT2D eigenvalue weighted by Gasteiger charge is -2.12. The van der Waals surface area contributed by atoms with Gasteiger partial charge in [-0.3, -0.25) is 9.79 Å². The first-order chi connectivity index (χ1) is 12.1. The molecule has 0 aliphatic heterocycles. The number of hydrogen-bond acceptors (Lipinski definition) is 3. The van der Waals surface area contributed by atoms with Crippen LogP contribution in [0.4, 0.5) is 5.69 Å². The Morgan fingerprint density at radius 1 is 1.27 bits per heavy atom. The van der Waals surface area contributed by atoms with Gasteiger partial charge in [-0.05, 0) is 56.4 Å². The maximum absolute atomic E-state index is 12.1. The molecule has 0 unspecified atom stereocenters. The molecule has 1 aromatic rings. The largest absolute Gasteiger partial charge is 0.357 e. The first-order valence-corrected chi connectivity index (χ1v) is 10.8. The fourth-order valence-electron chi connectivity index (χ4n) is 2.13. The van der Waals surface area contributed by atoms with Gasteiger partial charge in [-0.25, -0.2) is 0 Å². The molecule has 26 heavy (non-hydrogen) atoms. The number of nitrogens with one attached hydrogen (secondary N) is 3. The fourth-order valence-corrected chi connectivity index (χ4v) is 2.98. The van der Waals surface area contributed by atoms with Gasteiger partial charge >= 0.3 is 0 Å². The van der Waals surface area contributed by atoms with E-state index in [9.17, 15) is 4.79 Å². The highest BCUT2D eigenvalue weighted by atomic mass is 127. The highest BCUT2D eigenvalue weighted by Gasteiger charge is 2.06. The van der Waals surface area contributed by atoms with Gasteiger partial charge < -0.3 is 16.0 Å². The van der Waals surface area contributed by atoms with Crippen LogP contribution in [0.3, 0.4) is 0 Å². The standard InChI is InChI=1S/C18H29BrN4OS.HI/c1-4-20-18(21-10-5-6-12-25-3)22-11-9-17(24)23-16-13-15(19)8-7-14(16)2;/h7-8,13H,4-6,9-12H2,1-3H3,(H,23,24)(H2,20,21,22);1H. The average molecular weight is 557 g/mol. The third kappa shape index (κ3) is 11.3. The van der Waals surface area contributed by atoms with Gasteiger partial charge in [0.25, 0.3) is 0 Å². The lowest BCUT2D eigenvalue weighted by Crippen LogP contribution is -2.38. The lowest BCUT2D eigenvalue weighted by atomic mass is 10.2. The molecule has 0 atom stereocenters. The Balaban J connectivity index is 0.00000625. The predicted octanol–water partition coefficient (Wildman–Crippen LogP) is 4.40. The maximum Gasteiger partial charge on any atom is 0.226 e. The van der Waals surface area contributed by atoms with Crippen LogP contribution in [0.5, 0.6) is 0 Å². The molecule has 0 aliphatic carbocycles. The SMILES string of the molecule is CCNC(=NCCCCSC)NCCC(=O)Nc1cc(Br)ccc1C.I. The van der Waals surface area contributed by atoms with Crippen molar-refractivity contribution >= 4 is 69.2 Å². The summed E-state index contributed by atoms with van der Waals surface area (Å²) in [5.74, 6) is 1.94. The van der Waals surface area contributed by atoms with Gasteiger partial charge in [-0.1, -0.05) is 22.0 Å². The molecule has 0 saturated carbocycles. The van der Waals surface area contributed by atoms with E-state index in [1.54, 1.807) is 0 Å². The number of rotatable bonds is 10.